The van der Waals surface area contributed by atoms with E-state index in [2.05, 4.69) is 28.2 Å². The largest absolute Gasteiger partial charge is 0.477 e. The van der Waals surface area contributed by atoms with E-state index >= 15 is 0 Å². The molecule has 34 heavy (non-hydrogen) atoms. The Morgan fingerprint density at radius 3 is 2.74 bits per heavy atom. The molecule has 2 amide bonds. The number of benzene rings is 1. The van der Waals surface area contributed by atoms with Crippen LogP contribution in [0.25, 0.3) is 0 Å². The number of anilines is 1. The van der Waals surface area contributed by atoms with Gasteiger partial charge in [0.05, 0.1) is 17.8 Å². The highest BCUT2D eigenvalue weighted by Crippen LogP contribution is 2.46. The van der Waals surface area contributed by atoms with Gasteiger partial charge < -0.3 is 15.7 Å². The fourth-order valence-electron chi connectivity index (χ4n) is 3.71. The van der Waals surface area contributed by atoms with Crippen molar-refractivity contribution in [3.05, 3.63) is 64.5 Å². The van der Waals surface area contributed by atoms with E-state index in [0.717, 1.165) is 5.56 Å². The average molecular weight is 516 g/mol. The van der Waals surface area contributed by atoms with E-state index < -0.39 is 23.3 Å². The summed E-state index contributed by atoms with van der Waals surface area (Å²) in [6.07, 6.45) is 1.74. The lowest BCUT2D eigenvalue weighted by molar-refractivity contribution is -0.150. The van der Waals surface area contributed by atoms with Crippen molar-refractivity contribution in [3.8, 4) is 0 Å². The number of carboxylic acids is 1. The second-order valence-corrected chi connectivity index (χ2v) is 10.2. The molecule has 1 aromatic carbocycles. The average Bonchev–Trinajstić information content (AvgIpc) is 2.79. The SMILES string of the molecule is Cc1nccc(SC2=C(C(=O)O)N3C(=O)[C@@H](NC(=O)Cc4ccccc4)[C@@H]3SC2)c1NC(=N)S. The zero-order chi connectivity index (χ0) is 24.4. The van der Waals surface area contributed by atoms with Crippen LogP contribution in [0.3, 0.4) is 0 Å². The zero-order valence-corrected chi connectivity index (χ0v) is 20.5. The number of carbonyl (C=O) groups is 3. The summed E-state index contributed by atoms with van der Waals surface area (Å²) in [6, 6.07) is 10.1. The van der Waals surface area contributed by atoms with Crippen LogP contribution in [-0.2, 0) is 20.8 Å². The van der Waals surface area contributed by atoms with Crippen LogP contribution in [0.5, 0.6) is 0 Å². The number of hydrogen-bond acceptors (Lipinski definition) is 7. The van der Waals surface area contributed by atoms with Crippen molar-refractivity contribution in [1.29, 1.82) is 5.41 Å². The molecule has 0 bridgehead atoms. The molecule has 0 unspecified atom stereocenters. The Kier molecular flexibility index (Phi) is 7.19. The molecule has 3 heterocycles. The second kappa shape index (κ2) is 10.1. The van der Waals surface area contributed by atoms with Gasteiger partial charge in [0.2, 0.25) is 5.91 Å². The summed E-state index contributed by atoms with van der Waals surface area (Å²) in [5.41, 5.74) is 1.92. The van der Waals surface area contributed by atoms with Crippen LogP contribution >= 0.6 is 36.2 Å². The van der Waals surface area contributed by atoms with Crippen molar-refractivity contribution in [3.63, 3.8) is 0 Å². The topological polar surface area (TPSA) is 135 Å². The lowest BCUT2D eigenvalue weighted by Crippen LogP contribution is -2.70. The van der Waals surface area contributed by atoms with Crippen molar-refractivity contribution >= 4 is 64.8 Å². The smallest absolute Gasteiger partial charge is 0.353 e. The summed E-state index contributed by atoms with van der Waals surface area (Å²) in [5, 5.41) is 22.6. The Balaban J connectivity index is 1.53. The van der Waals surface area contributed by atoms with Crippen LogP contribution in [0.1, 0.15) is 11.3 Å². The number of β-lactam (4-membered cyclic amide) rings is 1. The van der Waals surface area contributed by atoms with E-state index in [4.69, 9.17) is 5.41 Å². The van der Waals surface area contributed by atoms with Gasteiger partial charge in [-0.3, -0.25) is 24.9 Å². The van der Waals surface area contributed by atoms with Gasteiger partial charge in [-0.15, -0.1) is 24.4 Å². The number of thiol groups is 1. The number of pyridine rings is 1. The maximum atomic E-state index is 12.9. The molecule has 2 atom stereocenters. The van der Waals surface area contributed by atoms with Crippen LogP contribution in [0.2, 0.25) is 0 Å². The minimum absolute atomic E-state index is 0.0736. The second-order valence-electron chi connectivity index (χ2n) is 7.54. The van der Waals surface area contributed by atoms with Gasteiger partial charge in [0, 0.05) is 21.8 Å². The molecule has 0 aliphatic carbocycles. The standard InChI is InChI=1S/C22H21N5O4S3/c1-11-16(26-22(23)32)13(7-8-24-11)34-14-10-33-20-17(19(29)27(20)18(14)21(30)31)25-15(28)9-12-5-3-2-4-6-12/h2-8,17,20H,9-10H2,1H3,(H,25,28)(H,30,31)(H3,23,26,32)/t17-,20+/m1/s1. The zero-order valence-electron chi connectivity index (χ0n) is 17.9. The van der Waals surface area contributed by atoms with Gasteiger partial charge in [-0.1, -0.05) is 42.1 Å². The minimum Gasteiger partial charge on any atom is -0.477 e. The lowest BCUT2D eigenvalue weighted by atomic mass is 10.0. The third kappa shape index (κ3) is 4.93. The van der Waals surface area contributed by atoms with Crippen molar-refractivity contribution in [2.75, 3.05) is 11.1 Å². The molecule has 4 rings (SSSR count). The molecule has 0 saturated carbocycles. The number of carboxylic acid groups (broad SMARTS) is 1. The molecule has 9 nitrogen and oxygen atoms in total. The van der Waals surface area contributed by atoms with E-state index in [0.29, 0.717) is 26.9 Å². The van der Waals surface area contributed by atoms with Crippen LogP contribution in [0.15, 0.2) is 58.1 Å². The maximum absolute atomic E-state index is 12.9. The number of aromatic nitrogens is 1. The van der Waals surface area contributed by atoms with Gasteiger partial charge in [-0.25, -0.2) is 4.79 Å². The van der Waals surface area contributed by atoms with Crippen LogP contribution in [0, 0.1) is 12.3 Å². The van der Waals surface area contributed by atoms with Crippen LogP contribution in [0.4, 0.5) is 5.69 Å². The van der Waals surface area contributed by atoms with E-state index in [-0.39, 0.29) is 23.2 Å². The summed E-state index contributed by atoms with van der Waals surface area (Å²) in [5.74, 6) is -1.60. The quantitative estimate of drug-likeness (QED) is 0.164. The number of amides is 2. The first-order valence-corrected chi connectivity index (χ1v) is 12.5. The minimum atomic E-state index is -1.21. The van der Waals surface area contributed by atoms with Gasteiger partial charge in [0.15, 0.2) is 5.17 Å². The highest BCUT2D eigenvalue weighted by molar-refractivity contribution is 8.06. The molecular formula is C22H21N5O4S3. The molecule has 2 aliphatic rings. The van der Waals surface area contributed by atoms with Crippen LogP contribution < -0.4 is 10.6 Å². The molecule has 2 aromatic rings. The predicted octanol–water partition coefficient (Wildman–Crippen LogP) is 2.70. The van der Waals surface area contributed by atoms with Crippen LogP contribution in [-0.4, -0.2) is 55.1 Å². The van der Waals surface area contributed by atoms with Gasteiger partial charge in [-0.05, 0) is 18.6 Å². The molecule has 4 N–H and O–H groups in total. The highest BCUT2D eigenvalue weighted by atomic mass is 32.2. The van der Waals surface area contributed by atoms with E-state index in [9.17, 15) is 19.5 Å². The van der Waals surface area contributed by atoms with Crippen molar-refractivity contribution in [2.24, 2.45) is 0 Å². The Bertz CT molecular complexity index is 1200. The molecule has 1 aromatic heterocycles. The number of rotatable bonds is 7. The Hall–Kier alpha value is -2.96. The van der Waals surface area contributed by atoms with Crippen molar-refractivity contribution < 1.29 is 19.5 Å². The molecule has 1 saturated heterocycles. The number of fused-ring (bicyclic) bond motifs is 1. The molecule has 12 heteroatoms. The Labute approximate surface area is 209 Å². The molecule has 1 fully saturated rings. The third-order valence-corrected chi connectivity index (χ3v) is 7.96. The lowest BCUT2D eigenvalue weighted by Gasteiger charge is -2.49. The van der Waals surface area contributed by atoms with E-state index in [1.54, 1.807) is 19.2 Å². The fourth-order valence-corrected chi connectivity index (χ4v) is 6.43. The van der Waals surface area contributed by atoms with Gasteiger partial charge in [-0.2, -0.15) is 0 Å². The Morgan fingerprint density at radius 2 is 2.06 bits per heavy atom. The van der Waals surface area contributed by atoms with Crippen molar-refractivity contribution in [2.45, 2.75) is 29.7 Å². The first-order valence-electron chi connectivity index (χ1n) is 10.2. The number of carbonyl (C=O) groups excluding carboxylic acids is 2. The summed E-state index contributed by atoms with van der Waals surface area (Å²) in [7, 11) is 0. The molecular weight excluding hydrogens is 494 g/mol. The number of aryl methyl sites for hydroxylation is 1. The number of thioether (sulfide) groups is 2. The number of aliphatic carboxylic acids is 1. The molecule has 176 valence electrons. The normalized spacial score (nSPS) is 19.2. The number of amidine groups is 1. The molecule has 0 radical (unpaired) electrons. The van der Waals surface area contributed by atoms with Gasteiger partial charge >= 0.3 is 5.97 Å². The first kappa shape index (κ1) is 24.2. The highest BCUT2D eigenvalue weighted by Gasteiger charge is 2.54. The number of hydrogen-bond donors (Lipinski definition) is 5. The number of nitrogens with one attached hydrogen (secondary N) is 3. The first-order chi connectivity index (χ1) is 16.3. The molecule has 2 aliphatic heterocycles. The predicted molar refractivity (Wildman–Crippen MR) is 135 cm³/mol. The monoisotopic (exact) mass is 515 g/mol. The van der Waals surface area contributed by atoms with E-state index in [1.165, 1.54) is 28.4 Å². The van der Waals surface area contributed by atoms with Crippen molar-refractivity contribution in [1.82, 2.24) is 15.2 Å². The summed E-state index contributed by atoms with van der Waals surface area (Å²) in [4.78, 5) is 44.1. The molecule has 0 spiro atoms. The maximum Gasteiger partial charge on any atom is 0.353 e. The summed E-state index contributed by atoms with van der Waals surface area (Å²) in [6.45, 7) is 1.77. The summed E-state index contributed by atoms with van der Waals surface area (Å²) >= 11 is 6.58. The van der Waals surface area contributed by atoms with Gasteiger partial charge in [0.25, 0.3) is 5.91 Å². The number of nitrogens with zero attached hydrogens (tertiary/aromatic N) is 2. The van der Waals surface area contributed by atoms with E-state index in [1.807, 2.05) is 30.3 Å². The third-order valence-electron chi connectivity index (χ3n) is 5.24. The summed E-state index contributed by atoms with van der Waals surface area (Å²) < 4.78 is 0. The van der Waals surface area contributed by atoms with Gasteiger partial charge in [0.1, 0.15) is 17.1 Å². The fraction of sp³-hybridized carbons (Fsp3) is 0.227. The Morgan fingerprint density at radius 1 is 1.32 bits per heavy atom.